The number of aliphatic hydroxyl groups is 1. The lowest BCUT2D eigenvalue weighted by atomic mass is 10.0. The zero-order chi connectivity index (χ0) is 52.0. The van der Waals surface area contributed by atoms with E-state index in [-0.39, 0.29) is 19.1 Å². The standard InChI is InChI=1S/C62H121N2O6P/c1-6-8-10-12-14-16-18-20-22-24-26-28-29-30-31-32-33-34-36-38-40-42-44-46-48-50-52-54-56-62(66)63-60(59-70-71(67,68)69-58-57-64(3,4)5)61(65)55-53-51-49-47-45-43-41-39-37-35-27-25-23-21-19-17-15-13-11-9-7-2/h30-31,45,47,53,55,60-61,65H,6-29,32-44,46,48-52,54,56-59H2,1-5H3,(H-,63,66,67,68)/p+1/b31-30-,47-45+,55-53+. The maximum absolute atomic E-state index is 13.0. The molecule has 0 aliphatic carbocycles. The van der Waals surface area contributed by atoms with Crippen LogP contribution < -0.4 is 5.32 Å². The highest BCUT2D eigenvalue weighted by Crippen LogP contribution is 2.43. The van der Waals surface area contributed by atoms with Crippen LogP contribution in [0.1, 0.15) is 303 Å². The molecule has 3 atom stereocenters. The van der Waals surface area contributed by atoms with E-state index in [1.165, 1.54) is 244 Å². The summed E-state index contributed by atoms with van der Waals surface area (Å²) in [6, 6.07) is -0.863. The number of likely N-dealkylation sites (N-methyl/N-ethyl adjacent to an activating group) is 1. The van der Waals surface area contributed by atoms with E-state index in [4.69, 9.17) is 9.05 Å². The Kier molecular flexibility index (Phi) is 52.6. The Morgan fingerprint density at radius 3 is 1.13 bits per heavy atom. The van der Waals surface area contributed by atoms with E-state index in [1.807, 2.05) is 27.2 Å². The molecule has 0 radical (unpaired) electrons. The van der Waals surface area contributed by atoms with Crippen molar-refractivity contribution < 1.29 is 32.9 Å². The molecule has 0 spiro atoms. The van der Waals surface area contributed by atoms with Crippen LogP contribution in [-0.4, -0.2) is 73.4 Å². The summed E-state index contributed by atoms with van der Waals surface area (Å²) in [6.07, 6.45) is 69.8. The molecule has 0 bridgehead atoms. The van der Waals surface area contributed by atoms with E-state index in [2.05, 4.69) is 43.5 Å². The van der Waals surface area contributed by atoms with Gasteiger partial charge in [0.2, 0.25) is 5.91 Å². The van der Waals surface area contributed by atoms with E-state index in [0.29, 0.717) is 17.4 Å². The van der Waals surface area contributed by atoms with Gasteiger partial charge in [0.25, 0.3) is 0 Å². The van der Waals surface area contributed by atoms with Crippen LogP contribution in [0.4, 0.5) is 0 Å². The lowest BCUT2D eigenvalue weighted by molar-refractivity contribution is -0.870. The number of hydrogen-bond acceptors (Lipinski definition) is 5. The Hall–Kier alpha value is -1.28. The first-order chi connectivity index (χ1) is 34.5. The maximum Gasteiger partial charge on any atom is 0.472 e. The van der Waals surface area contributed by atoms with Gasteiger partial charge in [-0.15, -0.1) is 0 Å². The van der Waals surface area contributed by atoms with Gasteiger partial charge >= 0.3 is 7.82 Å². The summed E-state index contributed by atoms with van der Waals surface area (Å²) in [5, 5.41) is 13.9. The predicted octanol–water partition coefficient (Wildman–Crippen LogP) is 18.9. The van der Waals surface area contributed by atoms with Crippen LogP contribution in [0.25, 0.3) is 0 Å². The van der Waals surface area contributed by atoms with Gasteiger partial charge in [-0.2, -0.15) is 0 Å². The SMILES string of the molecule is CCCCCCCCCCCCCC/C=C\CCCCCCCCCCCCCCC(=O)NC(COP(=O)(O)OCC[N+](C)(C)C)C(O)/C=C/CC/C=C/CCCCCCCCCCCCCCCCC. The molecule has 0 aromatic heterocycles. The van der Waals surface area contributed by atoms with Crippen LogP contribution >= 0.6 is 7.82 Å². The second kappa shape index (κ2) is 53.5. The van der Waals surface area contributed by atoms with Gasteiger partial charge in [0.15, 0.2) is 0 Å². The van der Waals surface area contributed by atoms with E-state index < -0.39 is 20.0 Å². The molecule has 1 amide bonds. The Balaban J connectivity index is 4.16. The first-order valence-corrected chi connectivity index (χ1v) is 32.4. The van der Waals surface area contributed by atoms with Crippen molar-refractivity contribution in [3.8, 4) is 0 Å². The smallest absolute Gasteiger partial charge is 0.387 e. The molecule has 0 heterocycles. The van der Waals surface area contributed by atoms with Crippen LogP contribution in [0, 0.1) is 0 Å². The fraction of sp³-hybridized carbons (Fsp3) is 0.887. The predicted molar refractivity (Wildman–Crippen MR) is 309 cm³/mol. The molecule has 0 aromatic rings. The summed E-state index contributed by atoms with van der Waals surface area (Å²) < 4.78 is 23.7. The number of unbranched alkanes of at least 4 members (excludes halogenated alkanes) is 40. The molecule has 71 heavy (non-hydrogen) atoms. The number of allylic oxidation sites excluding steroid dienone is 5. The molecule has 0 fully saturated rings. The average molecular weight is 1020 g/mol. The molecule has 0 rings (SSSR count). The first-order valence-electron chi connectivity index (χ1n) is 30.9. The van der Waals surface area contributed by atoms with Crippen molar-refractivity contribution >= 4 is 13.7 Å². The molecule has 0 aliphatic heterocycles. The third-order valence-electron chi connectivity index (χ3n) is 14.1. The maximum atomic E-state index is 13.0. The molecule has 8 nitrogen and oxygen atoms in total. The molecule has 3 N–H and O–H groups in total. The number of phosphoric acid groups is 1. The number of carbonyl (C=O) groups excluding carboxylic acids is 1. The zero-order valence-electron chi connectivity index (χ0n) is 48.0. The summed E-state index contributed by atoms with van der Waals surface area (Å²) in [5.41, 5.74) is 0. The lowest BCUT2D eigenvalue weighted by Gasteiger charge is -2.25. The molecule has 0 saturated carbocycles. The van der Waals surface area contributed by atoms with Gasteiger partial charge in [-0.25, -0.2) is 4.57 Å². The Bertz CT molecular complexity index is 1250. The van der Waals surface area contributed by atoms with E-state index in [9.17, 15) is 19.4 Å². The van der Waals surface area contributed by atoms with Crippen molar-refractivity contribution in [2.75, 3.05) is 40.9 Å². The van der Waals surface area contributed by atoms with Crippen LogP contribution in [0.15, 0.2) is 36.5 Å². The highest BCUT2D eigenvalue weighted by Gasteiger charge is 2.27. The highest BCUT2D eigenvalue weighted by molar-refractivity contribution is 7.47. The minimum Gasteiger partial charge on any atom is -0.387 e. The third kappa shape index (κ3) is 56.3. The zero-order valence-corrected chi connectivity index (χ0v) is 48.9. The molecule has 0 saturated heterocycles. The van der Waals surface area contributed by atoms with Crippen molar-refractivity contribution in [3.05, 3.63) is 36.5 Å². The Labute approximate surface area is 442 Å². The first kappa shape index (κ1) is 69.7. The number of rotatable bonds is 57. The number of hydrogen-bond donors (Lipinski definition) is 3. The van der Waals surface area contributed by atoms with Crippen LogP contribution in [0.3, 0.4) is 0 Å². The van der Waals surface area contributed by atoms with Gasteiger partial charge in [0.1, 0.15) is 13.2 Å². The number of nitrogens with zero attached hydrogens (tertiary/aromatic N) is 1. The van der Waals surface area contributed by atoms with Crippen molar-refractivity contribution in [3.63, 3.8) is 0 Å². The average Bonchev–Trinajstić information content (AvgIpc) is 3.33. The van der Waals surface area contributed by atoms with Crippen LogP contribution in [0.2, 0.25) is 0 Å². The summed E-state index contributed by atoms with van der Waals surface area (Å²) >= 11 is 0. The molecular formula is C62H122N2O6P+. The number of phosphoric ester groups is 1. The molecule has 420 valence electrons. The quantitative estimate of drug-likeness (QED) is 0.0243. The molecule has 0 aromatic carbocycles. The fourth-order valence-corrected chi connectivity index (χ4v) is 9.97. The second-order valence-corrected chi connectivity index (χ2v) is 23.9. The van der Waals surface area contributed by atoms with Gasteiger partial charge in [-0.1, -0.05) is 275 Å². The highest BCUT2D eigenvalue weighted by atomic mass is 31.2. The van der Waals surface area contributed by atoms with Crippen molar-refractivity contribution in [1.82, 2.24) is 5.32 Å². The van der Waals surface area contributed by atoms with Gasteiger partial charge in [0.05, 0.1) is 39.9 Å². The molecule has 3 unspecified atom stereocenters. The monoisotopic (exact) mass is 1020 g/mol. The van der Waals surface area contributed by atoms with E-state index >= 15 is 0 Å². The number of amides is 1. The Morgan fingerprint density at radius 1 is 0.465 bits per heavy atom. The summed E-state index contributed by atoms with van der Waals surface area (Å²) in [6.45, 7) is 4.84. The number of carbonyl (C=O) groups is 1. The number of nitrogens with one attached hydrogen (secondary N) is 1. The Morgan fingerprint density at radius 2 is 0.775 bits per heavy atom. The molecular weight excluding hydrogens is 900 g/mol. The number of aliphatic hydroxyl groups excluding tert-OH is 1. The summed E-state index contributed by atoms with van der Waals surface area (Å²) in [4.78, 5) is 23.3. The lowest BCUT2D eigenvalue weighted by Crippen LogP contribution is -2.45. The van der Waals surface area contributed by atoms with Gasteiger partial charge in [0, 0.05) is 6.42 Å². The minimum atomic E-state index is -4.36. The van der Waals surface area contributed by atoms with E-state index in [1.54, 1.807) is 6.08 Å². The van der Waals surface area contributed by atoms with Crippen molar-refractivity contribution in [1.29, 1.82) is 0 Å². The van der Waals surface area contributed by atoms with Gasteiger partial charge in [-0.3, -0.25) is 13.8 Å². The third-order valence-corrected chi connectivity index (χ3v) is 15.1. The largest absolute Gasteiger partial charge is 0.472 e. The van der Waals surface area contributed by atoms with Crippen LogP contribution in [0.5, 0.6) is 0 Å². The topological polar surface area (TPSA) is 105 Å². The van der Waals surface area contributed by atoms with Crippen molar-refractivity contribution in [2.24, 2.45) is 0 Å². The fourth-order valence-electron chi connectivity index (χ4n) is 9.23. The van der Waals surface area contributed by atoms with Gasteiger partial charge in [-0.05, 0) is 57.8 Å². The van der Waals surface area contributed by atoms with Gasteiger partial charge < -0.3 is 19.8 Å². The minimum absolute atomic E-state index is 0.0571. The molecule has 9 heteroatoms. The normalized spacial score (nSPS) is 14.1. The second-order valence-electron chi connectivity index (χ2n) is 22.4. The van der Waals surface area contributed by atoms with Crippen LogP contribution in [-0.2, 0) is 18.4 Å². The molecule has 0 aliphatic rings. The summed E-state index contributed by atoms with van der Waals surface area (Å²) in [5.74, 6) is -0.183. The van der Waals surface area contributed by atoms with E-state index in [0.717, 1.165) is 38.5 Å². The number of quaternary nitrogens is 1. The summed E-state index contributed by atoms with van der Waals surface area (Å²) in [7, 11) is 1.56. The van der Waals surface area contributed by atoms with Crippen molar-refractivity contribution in [2.45, 2.75) is 315 Å².